The van der Waals surface area contributed by atoms with Crippen LogP contribution < -0.4 is 0 Å². The lowest BCUT2D eigenvalue weighted by molar-refractivity contribution is 0.590. The fourth-order valence-corrected chi connectivity index (χ4v) is 10.1. The van der Waals surface area contributed by atoms with Gasteiger partial charge in [0.2, 0.25) is 0 Å². The van der Waals surface area contributed by atoms with Crippen LogP contribution in [0, 0.1) is 11.3 Å². The van der Waals surface area contributed by atoms with Crippen molar-refractivity contribution in [2.45, 2.75) is 111 Å². The molecule has 0 N–H and O–H groups in total. The van der Waals surface area contributed by atoms with E-state index in [1.807, 2.05) is 0 Å². The molecule has 4 heteroatoms. The summed E-state index contributed by atoms with van der Waals surface area (Å²) in [6, 6.07) is 52.6. The molecule has 0 atom stereocenters. The monoisotopic (exact) mass is 836 g/mol. The Balaban J connectivity index is 1.40. The van der Waals surface area contributed by atoms with Crippen molar-refractivity contribution < 1.29 is 0 Å². The second-order valence-corrected chi connectivity index (χ2v) is 22.3. The number of hydrogen-bond donors (Lipinski definition) is 0. The molecule has 10 aromatic rings. The van der Waals surface area contributed by atoms with E-state index in [1.54, 1.807) is 0 Å². The van der Waals surface area contributed by atoms with Crippen LogP contribution >= 0.6 is 0 Å². The summed E-state index contributed by atoms with van der Waals surface area (Å²) in [7, 11) is 0. The molecule has 0 radical (unpaired) electrons. The standard InChI is InChI=1S/C60H60N4/c1-57(2,3)39-22-26-49-45(31-39)46-32-40(58(4,5)6)23-27-50(46)62(49)36-38-30-37(35-61)54-44-20-16-17-21-51(44)63(43-18-14-13-15-19-43)56(54)55(38)64-52-28-24-41(59(7,8)9)33-47(52)48-34-42(60(10,11)12)25-29-53(48)64/h13-34H,36H2,1-12H3. The van der Waals surface area contributed by atoms with Crippen LogP contribution in [0.2, 0.25) is 0 Å². The van der Waals surface area contributed by atoms with E-state index in [0.29, 0.717) is 12.1 Å². The minimum Gasteiger partial charge on any atom is -0.336 e. The summed E-state index contributed by atoms with van der Waals surface area (Å²) in [6.45, 7) is 28.1. The van der Waals surface area contributed by atoms with E-state index in [9.17, 15) is 5.26 Å². The summed E-state index contributed by atoms with van der Waals surface area (Å²) >= 11 is 0. The first-order valence-corrected chi connectivity index (χ1v) is 22.9. The van der Waals surface area contributed by atoms with Gasteiger partial charge < -0.3 is 13.7 Å². The van der Waals surface area contributed by atoms with Crippen LogP contribution in [-0.4, -0.2) is 13.7 Å². The SMILES string of the molecule is CC(C)(C)c1ccc2c(c1)c1cc(C(C)(C)C)ccc1n2Cc1cc(C#N)c2c3ccccc3n(-c3ccccc3)c2c1-n1c2ccc(C(C)(C)C)cc2c2cc(C(C)(C)C)ccc21. The van der Waals surface area contributed by atoms with E-state index in [2.05, 4.69) is 236 Å². The molecule has 0 aliphatic rings. The van der Waals surface area contributed by atoms with Crippen molar-refractivity contribution in [1.82, 2.24) is 13.7 Å². The second-order valence-electron chi connectivity index (χ2n) is 22.3. The molecule has 10 rings (SSSR count). The number of benzene rings is 7. The predicted octanol–water partition coefficient (Wildman–Crippen LogP) is 16.1. The number of aromatic nitrogens is 3. The van der Waals surface area contributed by atoms with Crippen LogP contribution in [0.15, 0.2) is 133 Å². The van der Waals surface area contributed by atoms with E-state index in [4.69, 9.17) is 0 Å². The number of nitrogens with zero attached hydrogens (tertiary/aromatic N) is 4. The molecule has 4 nitrogen and oxygen atoms in total. The van der Waals surface area contributed by atoms with E-state index in [0.717, 1.165) is 49.8 Å². The maximum atomic E-state index is 11.3. The Bertz CT molecular complexity index is 3410. The molecular weight excluding hydrogens is 777 g/mol. The minimum absolute atomic E-state index is 0.00868. The summed E-state index contributed by atoms with van der Waals surface area (Å²) in [4.78, 5) is 0. The van der Waals surface area contributed by atoms with Crippen LogP contribution in [-0.2, 0) is 28.2 Å². The molecule has 0 bridgehead atoms. The summed E-state index contributed by atoms with van der Waals surface area (Å²) < 4.78 is 7.45. The van der Waals surface area contributed by atoms with E-state index >= 15 is 0 Å². The first-order valence-electron chi connectivity index (χ1n) is 22.9. The van der Waals surface area contributed by atoms with Gasteiger partial charge in [-0.25, -0.2) is 0 Å². The van der Waals surface area contributed by atoms with Crippen LogP contribution in [0.3, 0.4) is 0 Å². The van der Waals surface area contributed by atoms with Crippen molar-refractivity contribution in [1.29, 1.82) is 5.26 Å². The highest BCUT2D eigenvalue weighted by atomic mass is 15.1. The molecule has 0 fully saturated rings. The average molecular weight is 837 g/mol. The summed E-state index contributed by atoms with van der Waals surface area (Å²) in [5.41, 5.74) is 15.9. The third-order valence-corrected chi connectivity index (χ3v) is 13.8. The van der Waals surface area contributed by atoms with Crippen LogP contribution in [0.25, 0.3) is 76.8 Å². The third-order valence-electron chi connectivity index (χ3n) is 13.8. The molecule has 3 heterocycles. The van der Waals surface area contributed by atoms with Gasteiger partial charge in [-0.2, -0.15) is 5.26 Å². The summed E-state index contributed by atoms with van der Waals surface area (Å²) in [5.74, 6) is 0. The lowest BCUT2D eigenvalue weighted by Crippen LogP contribution is -2.12. The zero-order chi connectivity index (χ0) is 45.2. The van der Waals surface area contributed by atoms with Crippen LogP contribution in [0.4, 0.5) is 0 Å². The molecule has 3 aromatic heterocycles. The van der Waals surface area contributed by atoms with Crippen molar-refractivity contribution in [3.8, 4) is 17.4 Å². The number of para-hydroxylation sites is 2. The van der Waals surface area contributed by atoms with Crippen molar-refractivity contribution >= 4 is 65.4 Å². The first kappa shape index (κ1) is 41.4. The van der Waals surface area contributed by atoms with Gasteiger partial charge in [0, 0.05) is 49.0 Å². The fourth-order valence-electron chi connectivity index (χ4n) is 10.1. The highest BCUT2D eigenvalue weighted by Gasteiger charge is 2.29. The smallest absolute Gasteiger partial charge is 0.0999 e. The summed E-state index contributed by atoms with van der Waals surface area (Å²) in [5, 5.41) is 18.3. The minimum atomic E-state index is -0.0346. The Morgan fingerprint density at radius 1 is 0.422 bits per heavy atom. The zero-order valence-electron chi connectivity index (χ0n) is 39.7. The molecule has 0 saturated heterocycles. The molecule has 64 heavy (non-hydrogen) atoms. The number of rotatable bonds is 4. The highest BCUT2D eigenvalue weighted by molar-refractivity contribution is 6.17. The molecule has 0 aliphatic heterocycles. The van der Waals surface area contributed by atoms with Gasteiger partial charge in [0.05, 0.1) is 45.9 Å². The van der Waals surface area contributed by atoms with Crippen molar-refractivity contribution in [3.05, 3.63) is 167 Å². The first-order chi connectivity index (χ1) is 30.2. The van der Waals surface area contributed by atoms with E-state index < -0.39 is 0 Å². The number of fused-ring (bicyclic) bond motifs is 9. The van der Waals surface area contributed by atoms with E-state index in [-0.39, 0.29) is 21.7 Å². The van der Waals surface area contributed by atoms with Crippen LogP contribution in [0.1, 0.15) is 116 Å². The van der Waals surface area contributed by atoms with Gasteiger partial charge in [-0.3, -0.25) is 0 Å². The fraction of sp³-hybridized carbons (Fsp3) is 0.283. The molecule has 0 spiro atoms. The maximum Gasteiger partial charge on any atom is 0.0999 e. The Kier molecular flexibility index (Phi) is 9.21. The maximum absolute atomic E-state index is 11.3. The highest BCUT2D eigenvalue weighted by Crippen LogP contribution is 2.45. The molecular formula is C60H60N4. The topological polar surface area (TPSA) is 38.6 Å². The van der Waals surface area contributed by atoms with Crippen molar-refractivity contribution in [2.75, 3.05) is 0 Å². The Morgan fingerprint density at radius 3 is 1.28 bits per heavy atom. The van der Waals surface area contributed by atoms with Gasteiger partial charge in [0.1, 0.15) is 0 Å². The Labute approximate surface area is 378 Å². The van der Waals surface area contributed by atoms with Gasteiger partial charge >= 0.3 is 0 Å². The van der Waals surface area contributed by atoms with Crippen molar-refractivity contribution in [2.24, 2.45) is 0 Å². The number of hydrogen-bond acceptors (Lipinski definition) is 1. The van der Waals surface area contributed by atoms with Crippen molar-refractivity contribution in [3.63, 3.8) is 0 Å². The predicted molar refractivity (Wildman–Crippen MR) is 273 cm³/mol. The lowest BCUT2D eigenvalue weighted by Gasteiger charge is -2.22. The largest absolute Gasteiger partial charge is 0.336 e. The van der Waals surface area contributed by atoms with Gasteiger partial charge in [-0.1, -0.05) is 144 Å². The van der Waals surface area contributed by atoms with Crippen LogP contribution in [0.5, 0.6) is 0 Å². The lowest BCUT2D eigenvalue weighted by atomic mass is 9.85. The molecule has 0 aliphatic carbocycles. The number of nitriles is 1. The Hall–Kier alpha value is -6.57. The quantitative estimate of drug-likeness (QED) is 0.174. The normalized spacial score (nSPS) is 13.0. The van der Waals surface area contributed by atoms with Gasteiger partial charge in [0.25, 0.3) is 0 Å². The van der Waals surface area contributed by atoms with Gasteiger partial charge in [-0.05, 0) is 122 Å². The summed E-state index contributed by atoms with van der Waals surface area (Å²) in [6.07, 6.45) is 0. The van der Waals surface area contributed by atoms with Gasteiger partial charge in [-0.15, -0.1) is 0 Å². The molecule has 0 saturated carbocycles. The zero-order valence-corrected chi connectivity index (χ0v) is 39.7. The second kappa shape index (κ2) is 14.2. The third kappa shape index (κ3) is 6.54. The molecule has 320 valence electrons. The van der Waals surface area contributed by atoms with E-state index in [1.165, 1.54) is 54.8 Å². The molecule has 7 aromatic carbocycles. The average Bonchev–Trinajstić information content (AvgIpc) is 3.87. The molecule has 0 unspecified atom stereocenters. The Morgan fingerprint density at radius 2 is 0.828 bits per heavy atom. The molecule has 0 amide bonds. The van der Waals surface area contributed by atoms with Gasteiger partial charge in [0.15, 0.2) is 0 Å².